The Bertz CT molecular complexity index is 1220. The Morgan fingerprint density at radius 1 is 0.971 bits per heavy atom. The summed E-state index contributed by atoms with van der Waals surface area (Å²) >= 11 is 0. The van der Waals surface area contributed by atoms with Crippen LogP contribution in [0, 0.1) is 5.92 Å². The number of ketones is 1. The zero-order valence-corrected chi connectivity index (χ0v) is 20.6. The molecule has 2 nitrogen and oxygen atoms in total. The number of hydrogen-bond acceptors (Lipinski definition) is 2. The average molecular weight is 462 g/mol. The minimum Gasteiger partial charge on any atom is -0.299 e. The summed E-state index contributed by atoms with van der Waals surface area (Å²) in [5, 5.41) is 0. The highest BCUT2D eigenvalue weighted by molar-refractivity contribution is 6.03. The lowest BCUT2D eigenvalue weighted by atomic mass is 9.72. The minimum atomic E-state index is 0.275. The molecule has 1 heterocycles. The van der Waals surface area contributed by atoms with E-state index in [-0.39, 0.29) is 5.78 Å². The van der Waals surface area contributed by atoms with Gasteiger partial charge in [-0.1, -0.05) is 79.2 Å². The number of Topliss-reactive ketones (excluding diaryl/α,β-unsaturated/α-hetero) is 1. The van der Waals surface area contributed by atoms with Gasteiger partial charge in [-0.05, 0) is 72.3 Å². The number of allylic oxidation sites excluding steroid dienone is 4. The van der Waals surface area contributed by atoms with Crippen molar-refractivity contribution in [2.45, 2.75) is 70.1 Å². The van der Waals surface area contributed by atoms with E-state index in [1.165, 1.54) is 41.7 Å². The molecule has 0 amide bonds. The molecule has 2 unspecified atom stereocenters. The summed E-state index contributed by atoms with van der Waals surface area (Å²) in [5.41, 5.74) is 12.5. The molecule has 0 radical (unpaired) electrons. The molecule has 1 saturated carbocycles. The van der Waals surface area contributed by atoms with Gasteiger partial charge in [-0.2, -0.15) is 0 Å². The van der Waals surface area contributed by atoms with Crippen molar-refractivity contribution in [2.75, 3.05) is 0 Å². The van der Waals surface area contributed by atoms with Crippen LogP contribution in [-0.4, -0.2) is 11.5 Å². The van der Waals surface area contributed by atoms with Gasteiger partial charge < -0.3 is 0 Å². The third kappa shape index (κ3) is 5.72. The summed E-state index contributed by atoms with van der Waals surface area (Å²) in [5.74, 6) is 1.29. The van der Waals surface area contributed by atoms with Crippen molar-refractivity contribution >= 4 is 11.5 Å². The van der Waals surface area contributed by atoms with Crippen molar-refractivity contribution < 1.29 is 4.79 Å². The normalized spacial score (nSPS) is 22.2. The standard InChI is InChI=1S/C33H35NO/c1-2-24-16-17-27-15-8-18-34-33(32(27)22-24)30-14-7-13-29(23-30)28-12-6-11-26(19-28)21-31(35)20-25-9-4-3-5-10-25/h3-6,8-12,18-19,29-30H,1,7,13-17,20-23H2. The van der Waals surface area contributed by atoms with E-state index in [0.717, 1.165) is 43.2 Å². The highest BCUT2D eigenvalue weighted by atomic mass is 16.1. The largest absolute Gasteiger partial charge is 0.299 e. The fourth-order valence-corrected chi connectivity index (χ4v) is 6.10. The second-order valence-electron chi connectivity index (χ2n) is 10.3. The van der Waals surface area contributed by atoms with Crippen LogP contribution in [0.4, 0.5) is 0 Å². The van der Waals surface area contributed by atoms with E-state index in [1.807, 2.05) is 36.5 Å². The maximum Gasteiger partial charge on any atom is 0.141 e. The highest BCUT2D eigenvalue weighted by Gasteiger charge is 2.31. The Hall–Kier alpha value is -3.22. The Labute approximate surface area is 209 Å². The van der Waals surface area contributed by atoms with Gasteiger partial charge in [0.15, 0.2) is 0 Å². The van der Waals surface area contributed by atoms with Crippen LogP contribution in [-0.2, 0) is 17.6 Å². The summed E-state index contributed by atoms with van der Waals surface area (Å²) in [6.45, 7) is 3.92. The van der Waals surface area contributed by atoms with Crippen molar-refractivity contribution in [3.63, 3.8) is 0 Å². The third-order valence-electron chi connectivity index (χ3n) is 7.92. The number of rotatable bonds is 6. The van der Waals surface area contributed by atoms with Gasteiger partial charge in [-0.3, -0.25) is 9.79 Å². The second-order valence-corrected chi connectivity index (χ2v) is 10.3. The zero-order chi connectivity index (χ0) is 24.0. The van der Waals surface area contributed by atoms with Gasteiger partial charge in [0.2, 0.25) is 0 Å². The van der Waals surface area contributed by atoms with E-state index in [0.29, 0.717) is 24.7 Å². The SMILES string of the molecule is C=C=C1CCC2=C(C1)C(C1CCCC(c3cccc(CC(=O)Cc4ccccc4)c3)C1)=NC=CC2. The average Bonchev–Trinajstić information content (AvgIpc) is 3.11. The monoisotopic (exact) mass is 461 g/mol. The molecule has 0 aromatic heterocycles. The molecule has 0 spiro atoms. The predicted molar refractivity (Wildman–Crippen MR) is 145 cm³/mol. The first-order valence-corrected chi connectivity index (χ1v) is 13.2. The van der Waals surface area contributed by atoms with Crippen molar-refractivity contribution in [1.29, 1.82) is 0 Å². The third-order valence-corrected chi connectivity index (χ3v) is 7.92. The molecule has 2 aromatic carbocycles. The number of nitrogens with zero attached hydrogens (tertiary/aromatic N) is 1. The van der Waals surface area contributed by atoms with Crippen molar-refractivity contribution in [3.05, 3.63) is 113 Å². The molecular formula is C33H35NO. The van der Waals surface area contributed by atoms with Crippen LogP contribution in [0.15, 0.2) is 101 Å². The highest BCUT2D eigenvalue weighted by Crippen LogP contribution is 2.42. The van der Waals surface area contributed by atoms with Gasteiger partial charge in [-0.25, -0.2) is 0 Å². The molecule has 2 aliphatic carbocycles. The van der Waals surface area contributed by atoms with Crippen LogP contribution < -0.4 is 0 Å². The molecule has 3 aliphatic rings. The van der Waals surface area contributed by atoms with Crippen LogP contribution >= 0.6 is 0 Å². The quantitative estimate of drug-likeness (QED) is 0.403. The molecule has 2 heteroatoms. The van der Waals surface area contributed by atoms with Gasteiger partial charge in [0.25, 0.3) is 0 Å². The van der Waals surface area contributed by atoms with E-state index < -0.39 is 0 Å². The Kier molecular flexibility index (Phi) is 7.40. The van der Waals surface area contributed by atoms with Crippen molar-refractivity contribution in [2.24, 2.45) is 10.9 Å². The van der Waals surface area contributed by atoms with Crippen LogP contribution in [0.1, 0.15) is 74.0 Å². The van der Waals surface area contributed by atoms with Crippen LogP contribution in [0.25, 0.3) is 0 Å². The first-order valence-electron chi connectivity index (χ1n) is 13.2. The van der Waals surface area contributed by atoms with Crippen molar-refractivity contribution in [3.8, 4) is 0 Å². The maximum absolute atomic E-state index is 12.7. The van der Waals surface area contributed by atoms with E-state index in [4.69, 9.17) is 4.99 Å². The molecule has 2 aromatic rings. The number of aliphatic imine (C=N–C) groups is 1. The number of benzene rings is 2. The topological polar surface area (TPSA) is 29.4 Å². The smallest absolute Gasteiger partial charge is 0.141 e. The van der Waals surface area contributed by atoms with E-state index in [2.05, 4.69) is 42.7 Å². The first-order chi connectivity index (χ1) is 17.2. The Morgan fingerprint density at radius 2 is 1.77 bits per heavy atom. The van der Waals surface area contributed by atoms with Gasteiger partial charge >= 0.3 is 0 Å². The second kappa shape index (κ2) is 11.0. The van der Waals surface area contributed by atoms with Gasteiger partial charge in [0.05, 0.1) is 0 Å². The molecule has 0 bridgehead atoms. The fraction of sp³-hybridized carbons (Fsp3) is 0.364. The van der Waals surface area contributed by atoms with Crippen LogP contribution in [0.3, 0.4) is 0 Å². The molecule has 1 aliphatic heterocycles. The van der Waals surface area contributed by atoms with Crippen LogP contribution in [0.5, 0.6) is 0 Å². The predicted octanol–water partition coefficient (Wildman–Crippen LogP) is 7.86. The molecular weight excluding hydrogens is 426 g/mol. The summed E-state index contributed by atoms with van der Waals surface area (Å²) < 4.78 is 0. The molecule has 178 valence electrons. The van der Waals surface area contributed by atoms with Crippen molar-refractivity contribution in [1.82, 2.24) is 0 Å². The van der Waals surface area contributed by atoms with E-state index in [9.17, 15) is 4.79 Å². The summed E-state index contributed by atoms with van der Waals surface area (Å²) in [7, 11) is 0. The fourth-order valence-electron chi connectivity index (χ4n) is 6.10. The van der Waals surface area contributed by atoms with Crippen LogP contribution in [0.2, 0.25) is 0 Å². The first kappa shape index (κ1) is 23.5. The molecule has 35 heavy (non-hydrogen) atoms. The maximum atomic E-state index is 12.7. The van der Waals surface area contributed by atoms with Gasteiger partial charge in [-0.15, -0.1) is 5.73 Å². The molecule has 5 rings (SSSR count). The lowest BCUT2D eigenvalue weighted by Crippen LogP contribution is -2.25. The number of carbonyl (C=O) groups excluding carboxylic acids is 1. The van der Waals surface area contributed by atoms with Gasteiger partial charge in [0.1, 0.15) is 5.78 Å². The Balaban J connectivity index is 1.30. The lowest BCUT2D eigenvalue weighted by molar-refractivity contribution is -0.117. The van der Waals surface area contributed by atoms with E-state index >= 15 is 0 Å². The molecule has 0 N–H and O–H groups in total. The molecule has 2 atom stereocenters. The van der Waals surface area contributed by atoms with Gasteiger partial charge in [0, 0.05) is 37.1 Å². The van der Waals surface area contributed by atoms with E-state index in [1.54, 1.807) is 5.57 Å². The molecule has 0 saturated heterocycles. The summed E-state index contributed by atoms with van der Waals surface area (Å²) in [6.07, 6.45) is 14.3. The lowest BCUT2D eigenvalue weighted by Gasteiger charge is -2.33. The molecule has 1 fully saturated rings. The Morgan fingerprint density at radius 3 is 2.63 bits per heavy atom. The zero-order valence-electron chi connectivity index (χ0n) is 20.6. The summed E-state index contributed by atoms with van der Waals surface area (Å²) in [6, 6.07) is 18.8. The number of carbonyl (C=O) groups is 1. The number of hydrogen-bond donors (Lipinski definition) is 0. The summed E-state index contributed by atoms with van der Waals surface area (Å²) in [4.78, 5) is 17.7. The minimum absolute atomic E-state index is 0.275.